The third kappa shape index (κ3) is 6.98. The number of piperidine rings is 1. The van der Waals surface area contributed by atoms with Crippen LogP contribution in [0.3, 0.4) is 0 Å². The first kappa shape index (κ1) is 21.0. The van der Waals surface area contributed by atoms with Gasteiger partial charge >= 0.3 is 6.61 Å². The molecule has 3 rings (SSSR count). The van der Waals surface area contributed by atoms with Gasteiger partial charge in [-0.05, 0) is 49.2 Å². The first-order chi connectivity index (χ1) is 14.1. The van der Waals surface area contributed by atoms with Crippen molar-refractivity contribution in [1.29, 1.82) is 0 Å². The molecule has 0 aromatic heterocycles. The molecule has 1 N–H and O–H groups in total. The summed E-state index contributed by atoms with van der Waals surface area (Å²) < 4.78 is 29.3. The van der Waals surface area contributed by atoms with Crippen molar-refractivity contribution in [3.8, 4) is 5.75 Å². The van der Waals surface area contributed by atoms with Crippen molar-refractivity contribution in [2.24, 2.45) is 0 Å². The van der Waals surface area contributed by atoms with Gasteiger partial charge < -0.3 is 10.1 Å². The molecule has 0 radical (unpaired) electrons. The Bertz CT molecular complexity index is 816. The first-order valence-electron chi connectivity index (χ1n) is 9.90. The quantitative estimate of drug-likeness (QED) is 0.659. The second kappa shape index (κ2) is 10.7. The number of carbonyl (C=O) groups is 1. The molecule has 0 spiro atoms. The predicted octanol–water partition coefficient (Wildman–Crippen LogP) is 4.60. The van der Waals surface area contributed by atoms with Gasteiger partial charge in [-0.15, -0.1) is 0 Å². The van der Waals surface area contributed by atoms with Crippen LogP contribution in [0.1, 0.15) is 36.0 Å². The molecule has 0 saturated carbocycles. The number of halogens is 2. The highest BCUT2D eigenvalue weighted by molar-refractivity contribution is 5.92. The molecule has 1 heterocycles. The van der Waals surface area contributed by atoms with Crippen LogP contribution in [0.4, 0.5) is 8.78 Å². The van der Waals surface area contributed by atoms with Crippen LogP contribution < -0.4 is 10.1 Å². The van der Waals surface area contributed by atoms with Crippen LogP contribution in [-0.4, -0.2) is 30.5 Å². The van der Waals surface area contributed by atoms with E-state index in [4.69, 9.17) is 0 Å². The van der Waals surface area contributed by atoms with E-state index in [1.807, 2.05) is 12.1 Å². The largest absolute Gasteiger partial charge is 0.434 e. The van der Waals surface area contributed by atoms with Crippen LogP contribution in [0.2, 0.25) is 0 Å². The monoisotopic (exact) mass is 400 g/mol. The van der Waals surface area contributed by atoms with Crippen molar-refractivity contribution in [2.45, 2.75) is 39.0 Å². The molecule has 6 heteroatoms. The molecule has 0 atom stereocenters. The highest BCUT2D eigenvalue weighted by Gasteiger charge is 2.10. The zero-order chi connectivity index (χ0) is 20.5. The minimum atomic E-state index is -2.91. The van der Waals surface area contributed by atoms with E-state index in [2.05, 4.69) is 27.1 Å². The molecule has 2 aromatic carbocycles. The van der Waals surface area contributed by atoms with Crippen LogP contribution in [0.25, 0.3) is 6.08 Å². The Kier molecular flexibility index (Phi) is 7.76. The summed E-state index contributed by atoms with van der Waals surface area (Å²) in [5.74, 6) is -0.259. The lowest BCUT2D eigenvalue weighted by Crippen LogP contribution is -2.29. The van der Waals surface area contributed by atoms with Gasteiger partial charge in [-0.25, -0.2) is 0 Å². The molecule has 1 saturated heterocycles. The van der Waals surface area contributed by atoms with Crippen LogP contribution in [0.5, 0.6) is 5.75 Å². The number of amides is 1. The average molecular weight is 400 g/mol. The van der Waals surface area contributed by atoms with Gasteiger partial charge in [0.25, 0.3) is 0 Å². The Morgan fingerprint density at radius 1 is 1.03 bits per heavy atom. The Morgan fingerprint density at radius 3 is 2.45 bits per heavy atom. The Hall–Kier alpha value is -2.73. The predicted molar refractivity (Wildman–Crippen MR) is 110 cm³/mol. The second-order valence-corrected chi connectivity index (χ2v) is 7.12. The summed E-state index contributed by atoms with van der Waals surface area (Å²) in [4.78, 5) is 14.5. The zero-order valence-electron chi connectivity index (χ0n) is 16.3. The lowest BCUT2D eigenvalue weighted by molar-refractivity contribution is -0.116. The van der Waals surface area contributed by atoms with Crippen LogP contribution in [0.15, 0.2) is 54.6 Å². The minimum Gasteiger partial charge on any atom is -0.434 e. The molecule has 0 unspecified atom stereocenters. The summed E-state index contributed by atoms with van der Waals surface area (Å²) in [6.07, 6.45) is 6.66. The molecular formula is C23H26F2N2O2. The zero-order valence-corrected chi connectivity index (χ0v) is 16.3. The van der Waals surface area contributed by atoms with E-state index in [1.54, 1.807) is 18.2 Å². The Morgan fingerprint density at radius 2 is 1.72 bits per heavy atom. The molecule has 0 bridgehead atoms. The van der Waals surface area contributed by atoms with E-state index in [9.17, 15) is 13.6 Å². The van der Waals surface area contributed by atoms with Gasteiger partial charge in [0.05, 0.1) is 0 Å². The van der Waals surface area contributed by atoms with Crippen LogP contribution in [0, 0.1) is 0 Å². The van der Waals surface area contributed by atoms with Crippen molar-refractivity contribution >= 4 is 12.0 Å². The van der Waals surface area contributed by atoms with E-state index in [0.29, 0.717) is 12.1 Å². The molecule has 29 heavy (non-hydrogen) atoms. The van der Waals surface area contributed by atoms with Gasteiger partial charge in [-0.1, -0.05) is 48.9 Å². The van der Waals surface area contributed by atoms with Crippen molar-refractivity contribution in [1.82, 2.24) is 10.2 Å². The fourth-order valence-corrected chi connectivity index (χ4v) is 3.37. The highest BCUT2D eigenvalue weighted by atomic mass is 19.3. The Balaban J connectivity index is 1.48. The number of carbonyl (C=O) groups excluding carboxylic acids is 1. The van der Waals surface area contributed by atoms with E-state index in [0.717, 1.165) is 25.2 Å². The molecule has 4 nitrogen and oxygen atoms in total. The lowest BCUT2D eigenvalue weighted by Gasteiger charge is -2.26. The number of nitrogens with one attached hydrogen (secondary N) is 1. The van der Waals surface area contributed by atoms with Crippen molar-refractivity contribution < 1.29 is 18.3 Å². The SMILES string of the molecule is O=C(/C=C/c1ccccc1OC(F)F)NCc1ccc(CN2CCCCC2)cc1. The number of para-hydroxylation sites is 1. The highest BCUT2D eigenvalue weighted by Crippen LogP contribution is 2.21. The van der Waals surface area contributed by atoms with Crippen molar-refractivity contribution in [3.63, 3.8) is 0 Å². The van der Waals surface area contributed by atoms with Crippen molar-refractivity contribution in [2.75, 3.05) is 13.1 Å². The summed E-state index contributed by atoms with van der Waals surface area (Å²) in [5, 5.41) is 2.81. The molecule has 1 aliphatic rings. The summed E-state index contributed by atoms with van der Waals surface area (Å²) >= 11 is 0. The topological polar surface area (TPSA) is 41.6 Å². The normalized spacial score (nSPS) is 15.0. The summed E-state index contributed by atoms with van der Waals surface area (Å²) in [5.41, 5.74) is 2.71. The van der Waals surface area contributed by atoms with Gasteiger partial charge in [0.15, 0.2) is 0 Å². The molecule has 1 fully saturated rings. The number of benzene rings is 2. The number of hydrogen-bond acceptors (Lipinski definition) is 3. The maximum Gasteiger partial charge on any atom is 0.387 e. The Labute approximate surface area is 170 Å². The minimum absolute atomic E-state index is 0.0378. The van der Waals surface area contributed by atoms with E-state index < -0.39 is 6.61 Å². The fourth-order valence-electron chi connectivity index (χ4n) is 3.37. The number of nitrogens with zero attached hydrogens (tertiary/aromatic N) is 1. The average Bonchev–Trinajstić information content (AvgIpc) is 2.73. The van der Waals surface area contributed by atoms with E-state index >= 15 is 0 Å². The van der Waals surface area contributed by atoms with Crippen LogP contribution in [-0.2, 0) is 17.9 Å². The van der Waals surface area contributed by atoms with E-state index in [-0.39, 0.29) is 11.7 Å². The molecule has 154 valence electrons. The molecule has 2 aromatic rings. The maximum absolute atomic E-state index is 12.4. The number of hydrogen-bond donors (Lipinski definition) is 1. The molecule has 0 aliphatic carbocycles. The second-order valence-electron chi connectivity index (χ2n) is 7.12. The summed E-state index contributed by atoms with van der Waals surface area (Å²) in [6.45, 7) is 0.791. The lowest BCUT2D eigenvalue weighted by atomic mass is 10.1. The number of ether oxygens (including phenoxy) is 1. The molecular weight excluding hydrogens is 374 g/mol. The number of likely N-dealkylation sites (tertiary alicyclic amines) is 1. The fraction of sp³-hybridized carbons (Fsp3) is 0.348. The summed E-state index contributed by atoms with van der Waals surface area (Å²) in [6, 6.07) is 14.6. The standard InChI is InChI=1S/C23H26F2N2O2/c24-23(25)29-21-7-3-2-6-20(21)12-13-22(28)26-16-18-8-10-19(11-9-18)17-27-14-4-1-5-15-27/h2-3,6-13,23H,1,4-5,14-17H2,(H,26,28)/b13-12+. The number of alkyl halides is 2. The van der Waals surface area contributed by atoms with Crippen molar-refractivity contribution in [3.05, 3.63) is 71.3 Å². The van der Waals surface area contributed by atoms with Gasteiger partial charge in [0.2, 0.25) is 5.91 Å². The van der Waals surface area contributed by atoms with Gasteiger partial charge in [0, 0.05) is 24.7 Å². The van der Waals surface area contributed by atoms with Gasteiger partial charge in [-0.2, -0.15) is 8.78 Å². The van der Waals surface area contributed by atoms with Gasteiger partial charge in [0.1, 0.15) is 5.75 Å². The summed E-state index contributed by atoms with van der Waals surface area (Å²) in [7, 11) is 0. The van der Waals surface area contributed by atoms with Gasteiger partial charge in [-0.3, -0.25) is 9.69 Å². The number of rotatable bonds is 8. The molecule has 1 aliphatic heterocycles. The molecule has 1 amide bonds. The smallest absolute Gasteiger partial charge is 0.387 e. The maximum atomic E-state index is 12.4. The first-order valence-corrected chi connectivity index (χ1v) is 9.90. The third-order valence-corrected chi connectivity index (χ3v) is 4.89. The van der Waals surface area contributed by atoms with E-state index in [1.165, 1.54) is 43.0 Å². The third-order valence-electron chi connectivity index (χ3n) is 4.89. The van der Waals surface area contributed by atoms with Crippen LogP contribution >= 0.6 is 0 Å².